The number of hydrogen-bond acceptors (Lipinski definition) is 6. The van der Waals surface area contributed by atoms with Crippen LogP contribution in [0.1, 0.15) is 33.6 Å². The van der Waals surface area contributed by atoms with Crippen molar-refractivity contribution in [3.63, 3.8) is 0 Å². The molecule has 0 spiro atoms. The number of ether oxygens (including phenoxy) is 2. The Kier molecular flexibility index (Phi) is 8.61. The largest absolute Gasteiger partial charge is 0.469 e. The molecule has 0 aliphatic carbocycles. The van der Waals surface area contributed by atoms with Gasteiger partial charge in [-0.1, -0.05) is 20.8 Å². The molecule has 0 bridgehead atoms. The van der Waals surface area contributed by atoms with E-state index in [9.17, 15) is 19.5 Å². The number of aliphatic hydroxyl groups is 1. The molecule has 0 aromatic carbocycles. The molecule has 0 radical (unpaired) electrons. The predicted molar refractivity (Wildman–Crippen MR) is 75.2 cm³/mol. The van der Waals surface area contributed by atoms with E-state index in [4.69, 9.17) is 0 Å². The van der Waals surface area contributed by atoms with Crippen LogP contribution in [-0.2, 0) is 23.9 Å². The number of aliphatic hydroxyl groups excluding tert-OH is 1. The normalized spacial score (nSPS) is 15.0. The summed E-state index contributed by atoms with van der Waals surface area (Å²) in [5.74, 6) is -2.26. The van der Waals surface area contributed by atoms with Crippen molar-refractivity contribution in [1.82, 2.24) is 5.32 Å². The molecule has 0 heterocycles. The summed E-state index contributed by atoms with van der Waals surface area (Å²) in [6, 6.07) is -1.00. The van der Waals surface area contributed by atoms with Crippen molar-refractivity contribution in [2.75, 3.05) is 14.2 Å². The highest BCUT2D eigenvalue weighted by molar-refractivity contribution is 5.87. The fourth-order valence-electron chi connectivity index (χ4n) is 1.83. The van der Waals surface area contributed by atoms with Gasteiger partial charge in [0.15, 0.2) is 0 Å². The van der Waals surface area contributed by atoms with E-state index in [0.29, 0.717) is 0 Å². The maximum absolute atomic E-state index is 11.8. The second-order valence-corrected chi connectivity index (χ2v) is 5.39. The Balaban J connectivity index is 4.74. The van der Waals surface area contributed by atoms with Gasteiger partial charge in [0, 0.05) is 0 Å². The Labute approximate surface area is 125 Å². The monoisotopic (exact) mass is 303 g/mol. The van der Waals surface area contributed by atoms with E-state index >= 15 is 0 Å². The number of methoxy groups -OCH3 is 2. The number of carbonyl (C=O) groups excluding carboxylic acids is 3. The Morgan fingerprint density at radius 3 is 1.95 bits per heavy atom. The van der Waals surface area contributed by atoms with E-state index in [0.717, 1.165) is 0 Å². The standard InChI is InChI=1S/C14H25NO6/c1-8(2)6-11(16)12(17)15-10(14(19)21-5)7-9(3)13(18)20-4/h8-11,16H,6-7H2,1-5H3,(H,15,17)/t9-,10-,11+/m0/s1. The van der Waals surface area contributed by atoms with Crippen LogP contribution < -0.4 is 5.32 Å². The Bertz CT molecular complexity index is 368. The van der Waals surface area contributed by atoms with E-state index in [1.54, 1.807) is 6.92 Å². The zero-order valence-electron chi connectivity index (χ0n) is 13.2. The first-order valence-corrected chi connectivity index (χ1v) is 6.87. The molecule has 0 aromatic rings. The first kappa shape index (κ1) is 19.4. The van der Waals surface area contributed by atoms with Crippen molar-refractivity contribution in [3.8, 4) is 0 Å². The quantitative estimate of drug-likeness (QED) is 0.623. The van der Waals surface area contributed by atoms with E-state index in [1.165, 1.54) is 14.2 Å². The van der Waals surface area contributed by atoms with Crippen LogP contribution in [0.2, 0.25) is 0 Å². The molecule has 122 valence electrons. The molecule has 0 aromatic heterocycles. The molecule has 0 saturated carbocycles. The Morgan fingerprint density at radius 1 is 1.00 bits per heavy atom. The van der Waals surface area contributed by atoms with E-state index < -0.39 is 35.9 Å². The second-order valence-electron chi connectivity index (χ2n) is 5.39. The highest BCUT2D eigenvalue weighted by Gasteiger charge is 2.29. The maximum atomic E-state index is 11.8. The van der Waals surface area contributed by atoms with Crippen molar-refractivity contribution in [1.29, 1.82) is 0 Å². The summed E-state index contributed by atoms with van der Waals surface area (Å²) in [5, 5.41) is 12.1. The molecule has 3 atom stereocenters. The molecule has 0 fully saturated rings. The van der Waals surface area contributed by atoms with Crippen LogP contribution in [0.5, 0.6) is 0 Å². The molecule has 1 amide bonds. The molecule has 2 N–H and O–H groups in total. The maximum Gasteiger partial charge on any atom is 0.328 e. The number of amides is 1. The number of rotatable bonds is 8. The van der Waals surface area contributed by atoms with Gasteiger partial charge in [-0.05, 0) is 18.8 Å². The van der Waals surface area contributed by atoms with Crippen molar-refractivity contribution < 1.29 is 29.0 Å². The summed E-state index contributed by atoms with van der Waals surface area (Å²) >= 11 is 0. The Morgan fingerprint density at radius 2 is 1.52 bits per heavy atom. The van der Waals surface area contributed by atoms with Crippen LogP contribution in [0.25, 0.3) is 0 Å². The Hall–Kier alpha value is -1.63. The fourth-order valence-corrected chi connectivity index (χ4v) is 1.83. The van der Waals surface area contributed by atoms with Crippen LogP contribution in [-0.4, -0.2) is 49.3 Å². The molecule has 7 heteroatoms. The van der Waals surface area contributed by atoms with Crippen LogP contribution >= 0.6 is 0 Å². The number of carbonyl (C=O) groups is 3. The fraction of sp³-hybridized carbons (Fsp3) is 0.786. The topological polar surface area (TPSA) is 102 Å². The molecular formula is C14H25NO6. The number of esters is 2. The summed E-state index contributed by atoms with van der Waals surface area (Å²) in [5.41, 5.74) is 0. The summed E-state index contributed by atoms with van der Waals surface area (Å²) in [4.78, 5) is 34.9. The lowest BCUT2D eigenvalue weighted by Gasteiger charge is -2.21. The lowest BCUT2D eigenvalue weighted by Crippen LogP contribution is -2.47. The smallest absolute Gasteiger partial charge is 0.328 e. The minimum Gasteiger partial charge on any atom is -0.469 e. The highest BCUT2D eigenvalue weighted by Crippen LogP contribution is 2.11. The van der Waals surface area contributed by atoms with Crippen molar-refractivity contribution in [2.45, 2.75) is 45.8 Å². The third kappa shape index (κ3) is 7.08. The van der Waals surface area contributed by atoms with Crippen molar-refractivity contribution in [3.05, 3.63) is 0 Å². The van der Waals surface area contributed by atoms with Gasteiger partial charge in [-0.2, -0.15) is 0 Å². The SMILES string of the molecule is COC(=O)[C@H](C[C@H](C)C(=O)OC)NC(=O)[C@H](O)CC(C)C. The lowest BCUT2D eigenvalue weighted by atomic mass is 10.0. The average Bonchev–Trinajstić information content (AvgIpc) is 2.43. The van der Waals surface area contributed by atoms with Gasteiger partial charge in [-0.15, -0.1) is 0 Å². The summed E-state index contributed by atoms with van der Waals surface area (Å²) in [6.07, 6.45) is -0.878. The minimum atomic E-state index is -1.20. The van der Waals surface area contributed by atoms with Gasteiger partial charge in [-0.25, -0.2) is 4.79 Å². The molecule has 0 rings (SSSR count). The van der Waals surface area contributed by atoms with E-state index in [-0.39, 0.29) is 18.8 Å². The van der Waals surface area contributed by atoms with Crippen molar-refractivity contribution in [2.24, 2.45) is 11.8 Å². The summed E-state index contributed by atoms with van der Waals surface area (Å²) in [6.45, 7) is 5.32. The van der Waals surface area contributed by atoms with Crippen LogP contribution in [0.3, 0.4) is 0 Å². The zero-order valence-corrected chi connectivity index (χ0v) is 13.2. The molecule has 21 heavy (non-hydrogen) atoms. The third-order valence-electron chi connectivity index (χ3n) is 2.99. The third-order valence-corrected chi connectivity index (χ3v) is 2.99. The second kappa shape index (κ2) is 9.33. The number of hydrogen-bond donors (Lipinski definition) is 2. The van der Waals surface area contributed by atoms with Gasteiger partial charge in [0.1, 0.15) is 12.1 Å². The van der Waals surface area contributed by atoms with Crippen LogP contribution in [0.15, 0.2) is 0 Å². The number of nitrogens with one attached hydrogen (secondary N) is 1. The average molecular weight is 303 g/mol. The first-order chi connectivity index (χ1) is 9.72. The van der Waals surface area contributed by atoms with Gasteiger partial charge in [0.25, 0.3) is 0 Å². The summed E-state index contributed by atoms with van der Waals surface area (Å²) < 4.78 is 9.18. The molecule has 0 aliphatic heterocycles. The highest BCUT2D eigenvalue weighted by atomic mass is 16.5. The van der Waals surface area contributed by atoms with Gasteiger partial charge in [0.2, 0.25) is 5.91 Å². The molecule has 0 unspecified atom stereocenters. The first-order valence-electron chi connectivity index (χ1n) is 6.87. The van der Waals surface area contributed by atoms with Gasteiger partial charge in [-0.3, -0.25) is 9.59 Å². The molecular weight excluding hydrogens is 278 g/mol. The van der Waals surface area contributed by atoms with Crippen LogP contribution in [0.4, 0.5) is 0 Å². The van der Waals surface area contributed by atoms with Gasteiger partial charge in [0.05, 0.1) is 20.1 Å². The van der Waals surface area contributed by atoms with E-state index in [2.05, 4.69) is 14.8 Å². The molecule has 7 nitrogen and oxygen atoms in total. The molecule has 0 saturated heterocycles. The van der Waals surface area contributed by atoms with Gasteiger partial charge >= 0.3 is 11.9 Å². The zero-order chi connectivity index (χ0) is 16.6. The summed E-state index contributed by atoms with van der Waals surface area (Å²) in [7, 11) is 2.44. The molecule has 0 aliphatic rings. The minimum absolute atomic E-state index is 0.0412. The van der Waals surface area contributed by atoms with Gasteiger partial charge < -0.3 is 19.9 Å². The van der Waals surface area contributed by atoms with Crippen molar-refractivity contribution >= 4 is 17.8 Å². The lowest BCUT2D eigenvalue weighted by molar-refractivity contribution is -0.149. The van der Waals surface area contributed by atoms with E-state index in [1.807, 2.05) is 13.8 Å². The predicted octanol–water partition coefficient (Wildman–Crippen LogP) is 0.250. The van der Waals surface area contributed by atoms with Crippen LogP contribution in [0, 0.1) is 11.8 Å².